The van der Waals surface area contributed by atoms with Crippen molar-refractivity contribution in [1.29, 1.82) is 0 Å². The van der Waals surface area contributed by atoms with E-state index >= 15 is 0 Å². The molecule has 8 heteroatoms. The lowest BCUT2D eigenvalue weighted by Crippen LogP contribution is -2.66. The van der Waals surface area contributed by atoms with E-state index in [2.05, 4.69) is 33.4 Å². The summed E-state index contributed by atoms with van der Waals surface area (Å²) in [6, 6.07) is 16.2. The van der Waals surface area contributed by atoms with Crippen LogP contribution in [-0.2, 0) is 29.9 Å². The van der Waals surface area contributed by atoms with Crippen LogP contribution in [0.5, 0.6) is 0 Å². The maximum absolute atomic E-state index is 13.3. The number of fused-ring (bicyclic) bond motifs is 7. The number of hydrogen-bond acceptors (Lipinski definition) is 8. The zero-order valence-electron chi connectivity index (χ0n) is 18.0. The molecule has 4 aliphatic rings. The van der Waals surface area contributed by atoms with Crippen molar-refractivity contribution in [2.45, 2.75) is 23.2 Å². The van der Waals surface area contributed by atoms with E-state index in [-0.39, 0.29) is 24.3 Å². The van der Waals surface area contributed by atoms with Crippen molar-refractivity contribution in [3.63, 3.8) is 0 Å². The Morgan fingerprint density at radius 3 is 1.56 bits per heavy atom. The molecule has 2 saturated heterocycles. The first-order valence-electron chi connectivity index (χ1n) is 10.9. The summed E-state index contributed by atoms with van der Waals surface area (Å²) in [6.07, 6.45) is -0.516. The molecule has 4 N–H and O–H groups in total. The molecule has 0 radical (unpaired) electrons. The smallest absolute Gasteiger partial charge is 0.311 e. The summed E-state index contributed by atoms with van der Waals surface area (Å²) in [5.74, 6) is -1.58. The number of benzene rings is 2. The first-order valence-corrected chi connectivity index (χ1v) is 10.9. The van der Waals surface area contributed by atoms with Gasteiger partial charge in [0.2, 0.25) is 0 Å². The molecule has 6 atom stereocenters. The molecule has 32 heavy (non-hydrogen) atoms. The van der Waals surface area contributed by atoms with E-state index in [0.29, 0.717) is 13.1 Å². The van der Waals surface area contributed by atoms with Crippen molar-refractivity contribution in [3.05, 3.63) is 59.7 Å². The number of hydrogen-bond donors (Lipinski definition) is 4. The van der Waals surface area contributed by atoms with Gasteiger partial charge in [0.05, 0.1) is 49.2 Å². The zero-order chi connectivity index (χ0) is 22.1. The van der Waals surface area contributed by atoms with Gasteiger partial charge in [-0.25, -0.2) is 0 Å². The van der Waals surface area contributed by atoms with Crippen molar-refractivity contribution in [2.75, 3.05) is 37.9 Å². The number of para-hydroxylation sites is 2. The molecule has 4 heterocycles. The summed E-state index contributed by atoms with van der Waals surface area (Å²) in [7, 11) is 2.86. The molecule has 2 aromatic rings. The molecule has 4 aliphatic heterocycles. The number of carbonyl (C=O) groups excluding carboxylic acids is 2. The van der Waals surface area contributed by atoms with Crippen molar-refractivity contribution in [2.24, 2.45) is 11.8 Å². The average molecular weight is 434 g/mol. The van der Waals surface area contributed by atoms with Crippen molar-refractivity contribution >= 4 is 23.3 Å². The molecule has 166 valence electrons. The molecule has 2 aromatic carbocycles. The largest absolute Gasteiger partial charge is 0.469 e. The number of anilines is 2. The van der Waals surface area contributed by atoms with Gasteiger partial charge in [-0.15, -0.1) is 0 Å². The third-order valence-electron chi connectivity index (χ3n) is 8.06. The molecule has 0 aromatic heterocycles. The van der Waals surface area contributed by atoms with Crippen LogP contribution in [0.25, 0.3) is 0 Å². The first-order chi connectivity index (χ1) is 15.6. The summed E-state index contributed by atoms with van der Waals surface area (Å²) in [4.78, 5) is 26.6. The van der Waals surface area contributed by atoms with E-state index in [0.717, 1.165) is 22.5 Å². The quantitative estimate of drug-likeness (QED) is 0.534. The molecular formula is C24H26N4O4. The molecule has 6 unspecified atom stereocenters. The second kappa shape index (κ2) is 6.70. The van der Waals surface area contributed by atoms with Crippen LogP contribution in [0.15, 0.2) is 48.5 Å². The van der Waals surface area contributed by atoms with Gasteiger partial charge in [0, 0.05) is 24.5 Å². The minimum atomic E-state index is -0.788. The van der Waals surface area contributed by atoms with Gasteiger partial charge in [0.15, 0.2) is 0 Å². The van der Waals surface area contributed by atoms with Crippen LogP contribution in [-0.4, -0.2) is 51.6 Å². The van der Waals surface area contributed by atoms with E-state index < -0.39 is 22.7 Å². The average Bonchev–Trinajstić information content (AvgIpc) is 3.53. The van der Waals surface area contributed by atoms with Gasteiger partial charge in [-0.1, -0.05) is 36.4 Å². The lowest BCUT2D eigenvalue weighted by atomic mass is 9.49. The SMILES string of the molecule is COC(=O)C1CNC2Nc3ccccc3C21C12c3ccccc3NC1NCC2C(=O)OC. The van der Waals surface area contributed by atoms with Gasteiger partial charge in [-0.05, 0) is 23.3 Å². The van der Waals surface area contributed by atoms with Crippen LogP contribution >= 0.6 is 0 Å². The molecule has 2 fully saturated rings. The highest BCUT2D eigenvalue weighted by molar-refractivity contribution is 5.86. The van der Waals surface area contributed by atoms with E-state index in [1.165, 1.54) is 14.2 Å². The molecule has 0 aliphatic carbocycles. The van der Waals surface area contributed by atoms with Crippen LogP contribution in [0.4, 0.5) is 11.4 Å². The summed E-state index contributed by atoms with van der Waals surface area (Å²) >= 11 is 0. The molecule has 0 spiro atoms. The molecule has 8 nitrogen and oxygen atoms in total. The topological polar surface area (TPSA) is 101 Å². The second-order valence-electron chi connectivity index (χ2n) is 8.95. The van der Waals surface area contributed by atoms with Gasteiger partial charge < -0.3 is 20.1 Å². The predicted octanol–water partition coefficient (Wildman–Crippen LogP) is 1.15. The maximum Gasteiger partial charge on any atom is 0.311 e. The zero-order valence-corrected chi connectivity index (χ0v) is 18.0. The number of rotatable bonds is 3. The summed E-state index contributed by atoms with van der Waals surface area (Å²) in [6.45, 7) is 0.895. The number of ether oxygens (including phenoxy) is 2. The van der Waals surface area contributed by atoms with E-state index in [9.17, 15) is 9.59 Å². The van der Waals surface area contributed by atoms with E-state index in [1.807, 2.05) is 36.4 Å². The molecular weight excluding hydrogens is 408 g/mol. The fourth-order valence-corrected chi connectivity index (χ4v) is 7.11. The van der Waals surface area contributed by atoms with Gasteiger partial charge in [-0.2, -0.15) is 0 Å². The minimum Gasteiger partial charge on any atom is -0.469 e. The fourth-order valence-electron chi connectivity index (χ4n) is 7.11. The summed E-state index contributed by atoms with van der Waals surface area (Å²) < 4.78 is 10.7. The van der Waals surface area contributed by atoms with Crippen molar-refractivity contribution < 1.29 is 19.1 Å². The molecule has 0 bridgehead atoms. The highest BCUT2D eigenvalue weighted by atomic mass is 16.5. The molecule has 0 amide bonds. The molecule has 0 saturated carbocycles. The Hall–Kier alpha value is -3.10. The lowest BCUT2D eigenvalue weighted by Gasteiger charge is -2.51. The Labute approximate surface area is 186 Å². The van der Waals surface area contributed by atoms with Gasteiger partial charge in [-0.3, -0.25) is 20.2 Å². The van der Waals surface area contributed by atoms with Gasteiger partial charge in [0.25, 0.3) is 0 Å². The van der Waals surface area contributed by atoms with Gasteiger partial charge >= 0.3 is 11.9 Å². The van der Waals surface area contributed by atoms with Gasteiger partial charge in [0.1, 0.15) is 0 Å². The minimum absolute atomic E-state index is 0.258. The van der Waals surface area contributed by atoms with E-state index in [4.69, 9.17) is 9.47 Å². The molecule has 6 rings (SSSR count). The first kappa shape index (κ1) is 19.6. The third-order valence-corrected chi connectivity index (χ3v) is 8.06. The Morgan fingerprint density at radius 1 is 0.750 bits per heavy atom. The van der Waals surface area contributed by atoms with Crippen LogP contribution in [0.3, 0.4) is 0 Å². The highest BCUT2D eigenvalue weighted by Gasteiger charge is 2.77. The predicted molar refractivity (Wildman–Crippen MR) is 118 cm³/mol. The summed E-state index contributed by atoms with van der Waals surface area (Å²) in [5, 5.41) is 14.3. The monoisotopic (exact) mass is 434 g/mol. The van der Waals surface area contributed by atoms with Crippen LogP contribution in [0.2, 0.25) is 0 Å². The number of esters is 2. The lowest BCUT2D eigenvalue weighted by molar-refractivity contribution is -0.153. The number of methoxy groups -OCH3 is 2. The second-order valence-corrected chi connectivity index (χ2v) is 8.95. The Balaban J connectivity index is 1.73. The van der Waals surface area contributed by atoms with Crippen LogP contribution in [0, 0.1) is 11.8 Å². The Kier molecular flexibility index (Phi) is 4.10. The number of carbonyl (C=O) groups is 2. The highest BCUT2D eigenvalue weighted by Crippen LogP contribution is 2.67. The summed E-state index contributed by atoms with van der Waals surface area (Å²) in [5.41, 5.74) is 2.39. The Bertz CT molecular complexity index is 1040. The van der Waals surface area contributed by atoms with Crippen LogP contribution in [0.1, 0.15) is 11.1 Å². The van der Waals surface area contributed by atoms with Crippen LogP contribution < -0.4 is 21.3 Å². The number of nitrogens with one attached hydrogen (secondary N) is 4. The maximum atomic E-state index is 13.3. The van der Waals surface area contributed by atoms with Crippen molar-refractivity contribution in [3.8, 4) is 0 Å². The van der Waals surface area contributed by atoms with Crippen molar-refractivity contribution in [1.82, 2.24) is 10.6 Å². The Morgan fingerprint density at radius 2 is 1.16 bits per heavy atom. The fraction of sp³-hybridized carbons (Fsp3) is 0.417. The van der Waals surface area contributed by atoms with E-state index in [1.54, 1.807) is 0 Å². The third kappa shape index (κ3) is 2.05. The standard InChI is InChI=1S/C24H26N4O4/c1-31-19(29)15-11-25-21-23(15,13-7-3-5-9-17(13)27-21)24-14-8-4-6-10-18(14)28-22(24)26-12-16(24)20(30)32-2/h3-10,15-16,21-22,25-28H,11-12H2,1-2H3. The normalized spacial score (nSPS) is 35.7.